The third kappa shape index (κ3) is 6.82. The molecule has 1 saturated heterocycles. The van der Waals surface area contributed by atoms with Gasteiger partial charge in [-0.25, -0.2) is 14.0 Å². The number of amides is 3. The van der Waals surface area contributed by atoms with Crippen LogP contribution < -0.4 is 10.6 Å². The molecule has 3 aromatic rings. The SMILES string of the molecule is COC(=O)Nc1ccc2c(c1)NC(=O)[C@H](C)CCC[C@H](N1CCC(c3c(C(F)(F)F)ccc(Cl)c3F)OC1=O)c1ccnc-2c1. The molecular weight excluding hydrogens is 620 g/mol. The molecule has 0 spiro atoms. The van der Waals surface area contributed by atoms with Gasteiger partial charge < -0.3 is 19.7 Å². The van der Waals surface area contributed by atoms with Gasteiger partial charge in [-0.05, 0) is 60.9 Å². The molecule has 3 amide bonds. The Morgan fingerprint density at radius 2 is 1.91 bits per heavy atom. The Kier molecular flexibility index (Phi) is 9.19. The van der Waals surface area contributed by atoms with Gasteiger partial charge >= 0.3 is 18.4 Å². The van der Waals surface area contributed by atoms with Crippen LogP contribution in [0.2, 0.25) is 5.02 Å². The van der Waals surface area contributed by atoms with E-state index in [1.807, 2.05) is 0 Å². The van der Waals surface area contributed by atoms with Crippen LogP contribution in [0.15, 0.2) is 48.7 Å². The summed E-state index contributed by atoms with van der Waals surface area (Å²) in [7, 11) is 1.23. The van der Waals surface area contributed by atoms with Crippen LogP contribution in [0.25, 0.3) is 11.3 Å². The van der Waals surface area contributed by atoms with Crippen molar-refractivity contribution < 1.29 is 41.4 Å². The second-order valence-corrected chi connectivity index (χ2v) is 11.3. The molecule has 9 nitrogen and oxygen atoms in total. The van der Waals surface area contributed by atoms with Gasteiger partial charge in [0.15, 0.2) is 0 Å². The minimum Gasteiger partial charge on any atom is -0.453 e. The van der Waals surface area contributed by atoms with E-state index in [0.29, 0.717) is 53.5 Å². The molecule has 2 aliphatic rings. The van der Waals surface area contributed by atoms with Crippen LogP contribution in [-0.2, 0) is 20.4 Å². The predicted molar refractivity (Wildman–Crippen MR) is 157 cm³/mol. The summed E-state index contributed by atoms with van der Waals surface area (Å²) < 4.78 is 66.3. The number of rotatable bonds is 3. The standard InChI is InChI=1S/C31H29ClF4N4O5/c1-16-4-3-5-24(40-13-11-25(45-30(40)43)26-20(31(34,35)36)8-9-21(32)27(26)33)17-10-12-37-22(14-17)19-7-6-18(38-29(42)44-2)15-23(19)39-28(16)41/h6-10,12,14-16,24-25H,3-5,11,13H2,1-2H3,(H,38,42)(H,39,41)/t16-,24+,25?/m1/s1. The molecule has 2 aliphatic heterocycles. The number of hydrogen-bond acceptors (Lipinski definition) is 6. The summed E-state index contributed by atoms with van der Waals surface area (Å²) in [4.78, 5) is 44.2. The van der Waals surface area contributed by atoms with Crippen LogP contribution in [0.5, 0.6) is 0 Å². The number of ether oxygens (including phenoxy) is 2. The number of hydrogen-bond donors (Lipinski definition) is 2. The Morgan fingerprint density at radius 3 is 2.62 bits per heavy atom. The van der Waals surface area contributed by atoms with Crippen molar-refractivity contribution in [2.75, 3.05) is 24.3 Å². The first-order valence-corrected chi connectivity index (χ1v) is 14.5. The lowest BCUT2D eigenvalue weighted by atomic mass is 9.93. The number of aromatic nitrogens is 1. The molecule has 1 aromatic heterocycles. The van der Waals surface area contributed by atoms with E-state index in [2.05, 4.69) is 20.4 Å². The van der Waals surface area contributed by atoms with Crippen LogP contribution >= 0.6 is 11.6 Å². The smallest absolute Gasteiger partial charge is 0.416 e. The number of carbonyl (C=O) groups excluding carboxylic acids is 3. The van der Waals surface area contributed by atoms with E-state index in [9.17, 15) is 31.9 Å². The molecule has 1 unspecified atom stereocenters. The maximum atomic E-state index is 14.9. The molecule has 0 radical (unpaired) electrons. The maximum absolute atomic E-state index is 14.9. The van der Waals surface area contributed by atoms with Crippen molar-refractivity contribution in [2.24, 2.45) is 5.92 Å². The average Bonchev–Trinajstić information content (AvgIpc) is 3.00. The van der Waals surface area contributed by atoms with E-state index in [-0.39, 0.29) is 18.9 Å². The zero-order valence-electron chi connectivity index (χ0n) is 24.2. The van der Waals surface area contributed by atoms with Crippen molar-refractivity contribution in [3.05, 3.63) is 76.2 Å². The molecular formula is C31H29ClF4N4O5. The van der Waals surface area contributed by atoms with Crippen molar-refractivity contribution in [3.8, 4) is 11.3 Å². The van der Waals surface area contributed by atoms with Gasteiger partial charge in [0.25, 0.3) is 0 Å². The monoisotopic (exact) mass is 648 g/mol. The summed E-state index contributed by atoms with van der Waals surface area (Å²) in [5.74, 6) is -1.96. The normalized spacial score (nSPS) is 20.6. The summed E-state index contributed by atoms with van der Waals surface area (Å²) in [5.41, 5.74) is 0.412. The first kappa shape index (κ1) is 32.0. The summed E-state index contributed by atoms with van der Waals surface area (Å²) in [6.45, 7) is 1.74. The number of carbonyl (C=O) groups is 3. The molecule has 2 N–H and O–H groups in total. The van der Waals surface area contributed by atoms with E-state index >= 15 is 0 Å². The van der Waals surface area contributed by atoms with E-state index in [1.54, 1.807) is 43.5 Å². The fourth-order valence-electron chi connectivity index (χ4n) is 5.64. The highest BCUT2D eigenvalue weighted by Crippen LogP contribution is 2.43. The van der Waals surface area contributed by atoms with Crippen molar-refractivity contribution >= 4 is 41.1 Å². The molecule has 3 atom stereocenters. The van der Waals surface area contributed by atoms with Gasteiger partial charge in [0.05, 0.1) is 35.1 Å². The Hall–Kier alpha value is -4.39. The zero-order valence-corrected chi connectivity index (χ0v) is 25.0. The first-order valence-electron chi connectivity index (χ1n) is 14.2. The van der Waals surface area contributed by atoms with E-state index in [1.165, 1.54) is 12.0 Å². The number of alkyl halides is 3. The molecule has 2 aromatic carbocycles. The maximum Gasteiger partial charge on any atom is 0.416 e. The lowest BCUT2D eigenvalue weighted by molar-refractivity contribution is -0.140. The number of pyridine rings is 1. The van der Waals surface area contributed by atoms with Gasteiger partial charge in [-0.2, -0.15) is 13.2 Å². The summed E-state index contributed by atoms with van der Waals surface area (Å²) >= 11 is 5.81. The lowest BCUT2D eigenvalue weighted by Crippen LogP contribution is -2.42. The van der Waals surface area contributed by atoms with Crippen molar-refractivity contribution in [3.63, 3.8) is 0 Å². The Labute approximate surface area is 260 Å². The van der Waals surface area contributed by atoms with Crippen LogP contribution in [0.4, 0.5) is 38.5 Å². The van der Waals surface area contributed by atoms with E-state index < -0.39 is 58.4 Å². The summed E-state index contributed by atoms with van der Waals surface area (Å²) in [6, 6.07) is 9.28. The number of methoxy groups -OCH3 is 1. The van der Waals surface area contributed by atoms with Crippen molar-refractivity contribution in [1.82, 2.24) is 9.88 Å². The highest BCUT2D eigenvalue weighted by Gasteiger charge is 2.42. The van der Waals surface area contributed by atoms with Gasteiger partial charge in [0.2, 0.25) is 5.91 Å². The number of cyclic esters (lactones) is 1. The highest BCUT2D eigenvalue weighted by atomic mass is 35.5. The average molecular weight is 649 g/mol. The molecule has 238 valence electrons. The quantitative estimate of drug-likeness (QED) is 0.278. The van der Waals surface area contributed by atoms with Crippen LogP contribution in [0, 0.1) is 11.7 Å². The van der Waals surface area contributed by atoms with E-state index in [4.69, 9.17) is 16.3 Å². The predicted octanol–water partition coefficient (Wildman–Crippen LogP) is 8.12. The Morgan fingerprint density at radius 1 is 1.13 bits per heavy atom. The van der Waals surface area contributed by atoms with Crippen LogP contribution in [0.3, 0.4) is 0 Å². The number of fused-ring (bicyclic) bond motifs is 4. The fourth-order valence-corrected chi connectivity index (χ4v) is 5.80. The molecule has 3 heterocycles. The number of halogens is 5. The van der Waals surface area contributed by atoms with Gasteiger partial charge in [-0.3, -0.25) is 15.1 Å². The second-order valence-electron chi connectivity index (χ2n) is 10.9. The number of nitrogens with one attached hydrogen (secondary N) is 2. The molecule has 0 saturated carbocycles. The van der Waals surface area contributed by atoms with Gasteiger partial charge in [-0.1, -0.05) is 24.9 Å². The Balaban J connectivity index is 1.49. The summed E-state index contributed by atoms with van der Waals surface area (Å²) in [6.07, 6.45) is -5.15. The van der Waals surface area contributed by atoms with E-state index in [0.717, 1.165) is 6.07 Å². The molecule has 14 heteroatoms. The molecule has 45 heavy (non-hydrogen) atoms. The van der Waals surface area contributed by atoms with Crippen LogP contribution in [0.1, 0.15) is 61.4 Å². The topological polar surface area (TPSA) is 110 Å². The van der Waals surface area contributed by atoms with Gasteiger partial charge in [0.1, 0.15) is 11.9 Å². The molecule has 1 fully saturated rings. The minimum atomic E-state index is -4.89. The molecule has 2 bridgehead atoms. The van der Waals surface area contributed by atoms with Crippen molar-refractivity contribution in [1.29, 1.82) is 0 Å². The third-order valence-electron chi connectivity index (χ3n) is 7.96. The Bertz CT molecular complexity index is 1640. The first-order chi connectivity index (χ1) is 21.4. The van der Waals surface area contributed by atoms with Gasteiger partial charge in [-0.15, -0.1) is 0 Å². The molecule has 0 aliphatic carbocycles. The number of anilines is 2. The van der Waals surface area contributed by atoms with Crippen LogP contribution in [-0.4, -0.2) is 41.6 Å². The highest BCUT2D eigenvalue weighted by molar-refractivity contribution is 6.30. The lowest BCUT2D eigenvalue weighted by Gasteiger charge is -2.38. The van der Waals surface area contributed by atoms with Crippen molar-refractivity contribution in [2.45, 2.75) is 50.9 Å². The van der Waals surface area contributed by atoms with Gasteiger partial charge in [0, 0.05) is 41.9 Å². The summed E-state index contributed by atoms with van der Waals surface area (Å²) in [5, 5.41) is 4.98. The largest absolute Gasteiger partial charge is 0.453 e. The zero-order chi connectivity index (χ0) is 32.5. The fraction of sp³-hybridized carbons (Fsp3) is 0.355. The number of nitrogens with zero attached hydrogens (tertiary/aromatic N) is 2. The minimum absolute atomic E-state index is 0.0236. The number of benzene rings is 2. The second kappa shape index (κ2) is 12.9. The third-order valence-corrected chi connectivity index (χ3v) is 8.25. The molecule has 5 rings (SSSR count).